The number of nitrogens with zero attached hydrogens (tertiary/aromatic N) is 1. The number of hydrogen-bond donors (Lipinski definition) is 3. The zero-order chi connectivity index (χ0) is 23.0. The van der Waals surface area contributed by atoms with Crippen molar-refractivity contribution in [3.63, 3.8) is 0 Å². The van der Waals surface area contributed by atoms with Crippen LogP contribution < -0.4 is 16.4 Å². The highest BCUT2D eigenvalue weighted by atomic mass is 32.1. The number of rotatable bonds is 7. The summed E-state index contributed by atoms with van der Waals surface area (Å²) in [6.45, 7) is 4.08. The number of carbonyl (C=O) groups excluding carboxylic acids is 2. The summed E-state index contributed by atoms with van der Waals surface area (Å²) in [6, 6.07) is 16.1. The summed E-state index contributed by atoms with van der Waals surface area (Å²) >= 11 is 1.62. The van der Waals surface area contributed by atoms with Crippen LogP contribution in [0.5, 0.6) is 0 Å². The van der Waals surface area contributed by atoms with Crippen molar-refractivity contribution in [3.8, 4) is 10.4 Å². The third-order valence-corrected chi connectivity index (χ3v) is 6.16. The summed E-state index contributed by atoms with van der Waals surface area (Å²) < 4.78 is 10.5. The minimum Gasteiger partial charge on any atom is -0.448 e. The molecule has 33 heavy (non-hydrogen) atoms. The smallest absolute Gasteiger partial charge is 0.411 e. The number of ether oxygens (including phenoxy) is 2. The summed E-state index contributed by atoms with van der Waals surface area (Å²) in [4.78, 5) is 28.0. The zero-order valence-electron chi connectivity index (χ0n) is 18.1. The second-order valence-electron chi connectivity index (χ2n) is 7.53. The molecule has 1 aliphatic rings. The fourth-order valence-corrected chi connectivity index (χ4v) is 4.13. The van der Waals surface area contributed by atoms with Crippen LogP contribution in [0.25, 0.3) is 10.4 Å². The van der Waals surface area contributed by atoms with Gasteiger partial charge in [0.15, 0.2) is 0 Å². The van der Waals surface area contributed by atoms with Crippen LogP contribution in [0.1, 0.15) is 10.4 Å². The van der Waals surface area contributed by atoms with E-state index in [1.165, 1.54) is 0 Å². The van der Waals surface area contributed by atoms with E-state index in [0.717, 1.165) is 23.5 Å². The van der Waals surface area contributed by atoms with Crippen LogP contribution in [0.4, 0.5) is 21.9 Å². The molecule has 2 aromatic carbocycles. The van der Waals surface area contributed by atoms with E-state index < -0.39 is 6.09 Å². The van der Waals surface area contributed by atoms with Crippen LogP contribution in [0.3, 0.4) is 0 Å². The van der Waals surface area contributed by atoms with Gasteiger partial charge in [0.2, 0.25) is 0 Å². The Morgan fingerprint density at radius 1 is 1.06 bits per heavy atom. The number of nitrogens with one attached hydrogen (secondary N) is 2. The van der Waals surface area contributed by atoms with E-state index in [-0.39, 0.29) is 5.91 Å². The van der Waals surface area contributed by atoms with Crippen LogP contribution >= 0.6 is 11.3 Å². The van der Waals surface area contributed by atoms with Gasteiger partial charge in [0.1, 0.15) is 6.61 Å². The van der Waals surface area contributed by atoms with Gasteiger partial charge in [-0.2, -0.15) is 0 Å². The lowest BCUT2D eigenvalue weighted by atomic mass is 10.1. The van der Waals surface area contributed by atoms with E-state index in [1.54, 1.807) is 41.7 Å². The Balaban J connectivity index is 1.29. The average Bonchev–Trinajstić information content (AvgIpc) is 3.37. The van der Waals surface area contributed by atoms with E-state index in [4.69, 9.17) is 15.2 Å². The van der Waals surface area contributed by atoms with Gasteiger partial charge in [-0.05, 0) is 53.4 Å². The Bertz CT molecular complexity index is 1080. The van der Waals surface area contributed by atoms with E-state index in [0.29, 0.717) is 49.0 Å². The van der Waals surface area contributed by atoms with E-state index in [9.17, 15) is 9.59 Å². The molecular formula is C24H26N4O4S. The molecular weight excluding hydrogens is 440 g/mol. The maximum Gasteiger partial charge on any atom is 0.411 e. The van der Waals surface area contributed by atoms with Gasteiger partial charge in [0.05, 0.1) is 24.6 Å². The minimum absolute atomic E-state index is 0.287. The molecule has 0 atom stereocenters. The Kier molecular flexibility index (Phi) is 7.56. The molecule has 0 spiro atoms. The van der Waals surface area contributed by atoms with Crippen molar-refractivity contribution in [3.05, 3.63) is 65.5 Å². The van der Waals surface area contributed by atoms with Gasteiger partial charge in [-0.3, -0.25) is 15.0 Å². The Hall–Kier alpha value is -3.40. The second kappa shape index (κ2) is 11.0. The molecule has 0 aliphatic carbocycles. The van der Waals surface area contributed by atoms with E-state index in [1.807, 2.05) is 29.6 Å². The monoisotopic (exact) mass is 466 g/mol. The van der Waals surface area contributed by atoms with E-state index in [2.05, 4.69) is 15.5 Å². The number of nitrogens with two attached hydrogens (primary N) is 1. The number of amides is 2. The largest absolute Gasteiger partial charge is 0.448 e. The van der Waals surface area contributed by atoms with Crippen molar-refractivity contribution < 1.29 is 19.1 Å². The number of carbonyl (C=O) groups is 2. The topological polar surface area (TPSA) is 106 Å². The lowest BCUT2D eigenvalue weighted by Crippen LogP contribution is -2.38. The van der Waals surface area contributed by atoms with Gasteiger partial charge in [0.25, 0.3) is 5.91 Å². The molecule has 3 aromatic rings. The predicted octanol–water partition coefficient (Wildman–Crippen LogP) is 4.13. The summed E-state index contributed by atoms with van der Waals surface area (Å²) in [5, 5.41) is 7.54. The zero-order valence-corrected chi connectivity index (χ0v) is 18.9. The van der Waals surface area contributed by atoms with Gasteiger partial charge < -0.3 is 20.5 Å². The van der Waals surface area contributed by atoms with Crippen molar-refractivity contribution in [2.75, 3.05) is 55.8 Å². The number of thiophene rings is 1. The Morgan fingerprint density at radius 2 is 1.85 bits per heavy atom. The lowest BCUT2D eigenvalue weighted by Gasteiger charge is -2.26. The van der Waals surface area contributed by atoms with Crippen LogP contribution in [0.15, 0.2) is 60.0 Å². The number of anilines is 3. The standard InChI is InChI=1S/C24H26N4O4S/c25-20-8-5-18(22-2-1-15-33-22)16-21(20)27-23(29)17-3-6-19(7-4-17)26-24(30)32-14-11-28-9-12-31-13-10-28/h1-8,15-16H,9-14,25H2,(H,26,30)(H,27,29). The number of morpholine rings is 1. The molecule has 2 amide bonds. The summed E-state index contributed by atoms with van der Waals surface area (Å²) in [6.07, 6.45) is -0.529. The molecule has 4 rings (SSSR count). The highest BCUT2D eigenvalue weighted by molar-refractivity contribution is 7.13. The van der Waals surface area contributed by atoms with Crippen molar-refractivity contribution in [2.24, 2.45) is 0 Å². The number of nitrogen functional groups attached to an aromatic ring is 1. The second-order valence-corrected chi connectivity index (χ2v) is 8.47. The van der Waals surface area contributed by atoms with Gasteiger partial charge in [-0.15, -0.1) is 11.3 Å². The first-order valence-electron chi connectivity index (χ1n) is 10.7. The number of benzene rings is 2. The first-order valence-corrected chi connectivity index (χ1v) is 11.5. The highest BCUT2D eigenvalue weighted by Gasteiger charge is 2.13. The summed E-state index contributed by atoms with van der Waals surface area (Å²) in [5.74, 6) is -0.287. The molecule has 8 nitrogen and oxygen atoms in total. The van der Waals surface area contributed by atoms with Crippen molar-refractivity contribution in [1.82, 2.24) is 4.90 Å². The molecule has 2 heterocycles. The van der Waals surface area contributed by atoms with Gasteiger partial charge >= 0.3 is 6.09 Å². The Labute approximate surface area is 196 Å². The fraction of sp³-hybridized carbons (Fsp3) is 0.250. The summed E-state index contributed by atoms with van der Waals surface area (Å²) in [7, 11) is 0. The lowest BCUT2D eigenvalue weighted by molar-refractivity contribution is 0.0290. The molecule has 4 N–H and O–H groups in total. The maximum atomic E-state index is 12.7. The predicted molar refractivity (Wildman–Crippen MR) is 131 cm³/mol. The molecule has 1 fully saturated rings. The molecule has 0 bridgehead atoms. The van der Waals surface area contributed by atoms with Gasteiger partial charge in [-0.1, -0.05) is 12.1 Å². The normalized spacial score (nSPS) is 13.9. The summed E-state index contributed by atoms with van der Waals surface area (Å²) in [5.41, 5.74) is 9.07. The fourth-order valence-electron chi connectivity index (χ4n) is 3.41. The minimum atomic E-state index is -0.529. The van der Waals surface area contributed by atoms with E-state index >= 15 is 0 Å². The van der Waals surface area contributed by atoms with Crippen LogP contribution in [-0.4, -0.2) is 56.4 Å². The quantitative estimate of drug-likeness (QED) is 0.452. The van der Waals surface area contributed by atoms with Gasteiger partial charge in [-0.25, -0.2) is 4.79 Å². The van der Waals surface area contributed by atoms with Crippen molar-refractivity contribution in [2.45, 2.75) is 0 Å². The third kappa shape index (κ3) is 6.32. The molecule has 0 unspecified atom stereocenters. The first-order chi connectivity index (χ1) is 16.1. The van der Waals surface area contributed by atoms with Crippen LogP contribution in [0.2, 0.25) is 0 Å². The average molecular weight is 467 g/mol. The molecule has 1 saturated heterocycles. The molecule has 1 aromatic heterocycles. The Morgan fingerprint density at radius 3 is 2.58 bits per heavy atom. The molecule has 0 radical (unpaired) electrons. The third-order valence-electron chi connectivity index (χ3n) is 5.25. The first kappa shape index (κ1) is 22.8. The van der Waals surface area contributed by atoms with Crippen LogP contribution in [-0.2, 0) is 9.47 Å². The maximum absolute atomic E-state index is 12.7. The highest BCUT2D eigenvalue weighted by Crippen LogP contribution is 2.30. The number of hydrogen-bond acceptors (Lipinski definition) is 7. The van der Waals surface area contributed by atoms with Crippen molar-refractivity contribution >= 4 is 40.4 Å². The van der Waals surface area contributed by atoms with Gasteiger partial charge in [0, 0.05) is 35.8 Å². The van der Waals surface area contributed by atoms with Crippen LogP contribution in [0, 0.1) is 0 Å². The van der Waals surface area contributed by atoms with Crippen molar-refractivity contribution in [1.29, 1.82) is 0 Å². The molecule has 172 valence electrons. The molecule has 0 saturated carbocycles. The SMILES string of the molecule is Nc1ccc(-c2cccs2)cc1NC(=O)c1ccc(NC(=O)OCCN2CCOCC2)cc1. The molecule has 9 heteroatoms. The molecule has 1 aliphatic heterocycles.